The van der Waals surface area contributed by atoms with E-state index < -0.39 is 11.5 Å². The van der Waals surface area contributed by atoms with Gasteiger partial charge in [0.1, 0.15) is 5.54 Å². The summed E-state index contributed by atoms with van der Waals surface area (Å²) in [6, 6.07) is -0.188. The number of unbranched alkanes of at least 4 members (excludes halogenated alkanes) is 4. The second-order valence-corrected chi connectivity index (χ2v) is 5.03. The average molecular weight is 245 g/mol. The molecule has 0 rings (SSSR count). The molecule has 17 heavy (non-hydrogen) atoms. The standard InChI is InChI=1S/C13H27NO3/c1-4-5-6-7-8-9-13(3,12(16)17)14-11(2)10-15/h11,14-15H,4-10H2,1-3H3,(H,16,17). The first-order chi connectivity index (χ1) is 7.96. The summed E-state index contributed by atoms with van der Waals surface area (Å²) >= 11 is 0. The van der Waals surface area contributed by atoms with Crippen LogP contribution < -0.4 is 5.32 Å². The number of aliphatic carboxylic acids is 1. The molecule has 0 saturated carbocycles. The third-order valence-electron chi connectivity index (χ3n) is 3.09. The molecule has 0 aliphatic carbocycles. The average Bonchev–Trinajstić information content (AvgIpc) is 2.28. The number of rotatable bonds is 10. The summed E-state index contributed by atoms with van der Waals surface area (Å²) in [5, 5.41) is 21.2. The van der Waals surface area contributed by atoms with Gasteiger partial charge in [-0.25, -0.2) is 0 Å². The van der Waals surface area contributed by atoms with Gasteiger partial charge in [0.25, 0.3) is 0 Å². The molecular formula is C13H27NO3. The predicted octanol–water partition coefficient (Wildman–Crippen LogP) is 2.16. The normalized spacial score (nSPS) is 16.5. The first-order valence-corrected chi connectivity index (χ1v) is 6.58. The van der Waals surface area contributed by atoms with Gasteiger partial charge in [0, 0.05) is 6.04 Å². The van der Waals surface area contributed by atoms with Crippen LogP contribution in [-0.4, -0.2) is 34.4 Å². The fraction of sp³-hybridized carbons (Fsp3) is 0.923. The highest BCUT2D eigenvalue weighted by Crippen LogP contribution is 2.17. The molecule has 2 atom stereocenters. The number of carbonyl (C=O) groups is 1. The van der Waals surface area contributed by atoms with Crippen molar-refractivity contribution in [3.8, 4) is 0 Å². The molecule has 0 amide bonds. The molecular weight excluding hydrogens is 218 g/mol. The Bertz CT molecular complexity index is 221. The van der Waals surface area contributed by atoms with Crippen molar-refractivity contribution in [1.29, 1.82) is 0 Å². The van der Waals surface area contributed by atoms with Crippen LogP contribution in [0.1, 0.15) is 59.3 Å². The summed E-state index contributed by atoms with van der Waals surface area (Å²) in [5.74, 6) is -0.840. The van der Waals surface area contributed by atoms with Crippen molar-refractivity contribution in [1.82, 2.24) is 5.32 Å². The van der Waals surface area contributed by atoms with Crippen molar-refractivity contribution < 1.29 is 15.0 Å². The lowest BCUT2D eigenvalue weighted by Gasteiger charge is -2.29. The van der Waals surface area contributed by atoms with E-state index in [9.17, 15) is 9.90 Å². The molecule has 0 spiro atoms. The molecule has 0 aliphatic heterocycles. The lowest BCUT2D eigenvalue weighted by Crippen LogP contribution is -2.54. The fourth-order valence-electron chi connectivity index (χ4n) is 1.91. The van der Waals surface area contributed by atoms with Crippen LogP contribution in [0.3, 0.4) is 0 Å². The molecule has 0 aromatic carbocycles. The van der Waals surface area contributed by atoms with Crippen molar-refractivity contribution in [2.75, 3.05) is 6.61 Å². The molecule has 0 heterocycles. The number of carboxylic acid groups (broad SMARTS) is 1. The van der Waals surface area contributed by atoms with Crippen molar-refractivity contribution in [2.24, 2.45) is 0 Å². The minimum Gasteiger partial charge on any atom is -0.480 e. The third kappa shape index (κ3) is 6.64. The third-order valence-corrected chi connectivity index (χ3v) is 3.09. The van der Waals surface area contributed by atoms with Crippen molar-refractivity contribution in [3.63, 3.8) is 0 Å². The Morgan fingerprint density at radius 3 is 2.35 bits per heavy atom. The molecule has 0 radical (unpaired) electrons. The Kier molecular flexibility index (Phi) is 8.17. The van der Waals surface area contributed by atoms with Gasteiger partial charge in [0.05, 0.1) is 6.61 Å². The van der Waals surface area contributed by atoms with Crippen LogP contribution in [0.4, 0.5) is 0 Å². The van der Waals surface area contributed by atoms with E-state index in [2.05, 4.69) is 12.2 Å². The monoisotopic (exact) mass is 245 g/mol. The first kappa shape index (κ1) is 16.4. The van der Waals surface area contributed by atoms with Crippen LogP contribution in [0.25, 0.3) is 0 Å². The highest BCUT2D eigenvalue weighted by Gasteiger charge is 2.33. The molecule has 0 bridgehead atoms. The van der Waals surface area contributed by atoms with Gasteiger partial charge in [-0.1, -0.05) is 39.0 Å². The van der Waals surface area contributed by atoms with E-state index in [4.69, 9.17) is 5.11 Å². The second kappa shape index (κ2) is 8.48. The van der Waals surface area contributed by atoms with E-state index in [1.54, 1.807) is 13.8 Å². The highest BCUT2D eigenvalue weighted by atomic mass is 16.4. The SMILES string of the molecule is CCCCCCCC(C)(NC(C)CO)C(=O)O. The number of hydrogen-bond donors (Lipinski definition) is 3. The van der Waals surface area contributed by atoms with E-state index >= 15 is 0 Å². The van der Waals surface area contributed by atoms with Gasteiger partial charge in [-0.05, 0) is 20.3 Å². The zero-order chi connectivity index (χ0) is 13.3. The highest BCUT2D eigenvalue weighted by molar-refractivity contribution is 5.78. The Labute approximate surface area is 104 Å². The maximum atomic E-state index is 11.2. The summed E-state index contributed by atoms with van der Waals surface area (Å²) in [6.07, 6.45) is 6.16. The quantitative estimate of drug-likeness (QED) is 0.516. The molecule has 0 saturated heterocycles. The van der Waals surface area contributed by atoms with Gasteiger partial charge in [-0.15, -0.1) is 0 Å². The van der Waals surface area contributed by atoms with Crippen LogP contribution >= 0.6 is 0 Å². The summed E-state index contributed by atoms with van der Waals surface area (Å²) in [6.45, 7) is 5.60. The van der Waals surface area contributed by atoms with Crippen molar-refractivity contribution in [2.45, 2.75) is 70.9 Å². The molecule has 0 aliphatic rings. The van der Waals surface area contributed by atoms with Gasteiger partial charge in [-0.2, -0.15) is 0 Å². The number of carboxylic acids is 1. The van der Waals surface area contributed by atoms with Gasteiger partial charge in [0.15, 0.2) is 0 Å². The first-order valence-electron chi connectivity index (χ1n) is 6.58. The number of hydrogen-bond acceptors (Lipinski definition) is 3. The Morgan fingerprint density at radius 1 is 1.29 bits per heavy atom. The van der Waals surface area contributed by atoms with E-state index in [1.807, 2.05) is 0 Å². The summed E-state index contributed by atoms with van der Waals surface area (Å²) in [5.41, 5.74) is -0.922. The largest absolute Gasteiger partial charge is 0.480 e. The van der Waals surface area contributed by atoms with Gasteiger partial charge in [-0.3, -0.25) is 10.1 Å². The number of nitrogens with one attached hydrogen (secondary N) is 1. The zero-order valence-electron chi connectivity index (χ0n) is 11.3. The maximum Gasteiger partial charge on any atom is 0.323 e. The minimum atomic E-state index is -0.922. The smallest absolute Gasteiger partial charge is 0.323 e. The van der Waals surface area contributed by atoms with Crippen molar-refractivity contribution >= 4 is 5.97 Å². The molecule has 102 valence electrons. The van der Waals surface area contributed by atoms with Crippen LogP contribution in [0.2, 0.25) is 0 Å². The van der Waals surface area contributed by atoms with Crippen LogP contribution in [0.5, 0.6) is 0 Å². The molecule has 2 unspecified atom stereocenters. The van der Waals surface area contributed by atoms with Crippen LogP contribution in [-0.2, 0) is 4.79 Å². The molecule has 4 heteroatoms. The van der Waals surface area contributed by atoms with E-state index in [-0.39, 0.29) is 12.6 Å². The van der Waals surface area contributed by atoms with Gasteiger partial charge in [0.2, 0.25) is 0 Å². The molecule has 0 aromatic rings. The molecule has 4 nitrogen and oxygen atoms in total. The summed E-state index contributed by atoms with van der Waals surface area (Å²) in [7, 11) is 0. The minimum absolute atomic E-state index is 0.0430. The van der Waals surface area contributed by atoms with Crippen LogP contribution in [0, 0.1) is 0 Å². The number of aliphatic hydroxyl groups excluding tert-OH is 1. The lowest BCUT2D eigenvalue weighted by molar-refractivity contribution is -0.145. The number of aliphatic hydroxyl groups is 1. The summed E-state index contributed by atoms with van der Waals surface area (Å²) < 4.78 is 0. The Balaban J connectivity index is 4.08. The van der Waals surface area contributed by atoms with E-state index in [1.165, 1.54) is 19.3 Å². The van der Waals surface area contributed by atoms with E-state index in [0.29, 0.717) is 6.42 Å². The topological polar surface area (TPSA) is 69.6 Å². The second-order valence-electron chi connectivity index (χ2n) is 5.03. The van der Waals surface area contributed by atoms with Gasteiger partial charge >= 0.3 is 5.97 Å². The fourth-order valence-corrected chi connectivity index (χ4v) is 1.91. The molecule has 0 fully saturated rings. The Hall–Kier alpha value is -0.610. The molecule has 0 aromatic heterocycles. The lowest BCUT2D eigenvalue weighted by atomic mass is 9.93. The van der Waals surface area contributed by atoms with E-state index in [0.717, 1.165) is 12.8 Å². The molecule has 3 N–H and O–H groups in total. The summed E-state index contributed by atoms with van der Waals surface area (Å²) in [4.78, 5) is 11.2. The zero-order valence-corrected chi connectivity index (χ0v) is 11.3. The van der Waals surface area contributed by atoms with Crippen molar-refractivity contribution in [3.05, 3.63) is 0 Å². The predicted molar refractivity (Wildman–Crippen MR) is 69.1 cm³/mol. The maximum absolute atomic E-state index is 11.2. The van der Waals surface area contributed by atoms with Gasteiger partial charge < -0.3 is 10.2 Å². The Morgan fingerprint density at radius 2 is 1.88 bits per heavy atom. The van der Waals surface area contributed by atoms with Crippen LogP contribution in [0.15, 0.2) is 0 Å².